The zero-order valence-electron chi connectivity index (χ0n) is 14.3. The van der Waals surface area contributed by atoms with Gasteiger partial charge in [-0.25, -0.2) is 4.39 Å². The molecule has 0 saturated carbocycles. The molecule has 0 atom stereocenters. The molecule has 5 nitrogen and oxygen atoms in total. The molecule has 0 aliphatic rings. The number of halogens is 3. The molecule has 8 heteroatoms. The first-order valence-corrected chi connectivity index (χ1v) is 8.60. The number of carbonyl (C=O) groups excluding carboxylic acids is 1. The summed E-state index contributed by atoms with van der Waals surface area (Å²) >= 11 is 3.34. The Kier molecular flexibility index (Phi) is 10.2. The van der Waals surface area contributed by atoms with Crippen molar-refractivity contribution in [2.24, 2.45) is 4.99 Å². The van der Waals surface area contributed by atoms with Crippen LogP contribution in [0.4, 0.5) is 4.39 Å². The van der Waals surface area contributed by atoms with Gasteiger partial charge in [0, 0.05) is 36.7 Å². The zero-order valence-corrected chi connectivity index (χ0v) is 18.2. The van der Waals surface area contributed by atoms with Gasteiger partial charge in [0.1, 0.15) is 5.82 Å². The number of nitrogens with one attached hydrogen (secondary N) is 3. The van der Waals surface area contributed by atoms with Crippen molar-refractivity contribution in [3.05, 3.63) is 69.9 Å². The Bertz CT molecular complexity index is 723. The van der Waals surface area contributed by atoms with Crippen molar-refractivity contribution < 1.29 is 9.18 Å². The molecule has 0 aromatic heterocycles. The van der Waals surface area contributed by atoms with Gasteiger partial charge in [0.25, 0.3) is 5.91 Å². The Morgan fingerprint density at radius 1 is 1.00 bits per heavy atom. The molecule has 2 aromatic carbocycles. The number of guanidine groups is 1. The van der Waals surface area contributed by atoms with Crippen LogP contribution in [0, 0.1) is 5.82 Å². The van der Waals surface area contributed by atoms with Crippen molar-refractivity contribution in [2.75, 3.05) is 20.1 Å². The fourth-order valence-corrected chi connectivity index (χ4v) is 2.33. The first kappa shape index (κ1) is 22.4. The van der Waals surface area contributed by atoms with Crippen LogP contribution >= 0.6 is 39.9 Å². The minimum absolute atomic E-state index is 0. The van der Waals surface area contributed by atoms with Crippen molar-refractivity contribution >= 4 is 51.8 Å². The molecule has 140 valence electrons. The van der Waals surface area contributed by atoms with Gasteiger partial charge in [-0.3, -0.25) is 9.79 Å². The highest BCUT2D eigenvalue weighted by atomic mass is 127. The van der Waals surface area contributed by atoms with Crippen LogP contribution in [0.25, 0.3) is 0 Å². The van der Waals surface area contributed by atoms with Gasteiger partial charge in [-0.2, -0.15) is 0 Å². The topological polar surface area (TPSA) is 65.5 Å². The van der Waals surface area contributed by atoms with Crippen LogP contribution in [0.3, 0.4) is 0 Å². The summed E-state index contributed by atoms with van der Waals surface area (Å²) in [6.45, 7) is 1.53. The summed E-state index contributed by atoms with van der Waals surface area (Å²) in [5, 5.41) is 9.08. The third-order valence-corrected chi connectivity index (χ3v) is 3.93. The van der Waals surface area contributed by atoms with E-state index in [4.69, 9.17) is 0 Å². The van der Waals surface area contributed by atoms with Crippen molar-refractivity contribution in [1.82, 2.24) is 16.0 Å². The molecule has 26 heavy (non-hydrogen) atoms. The number of rotatable bonds is 6. The second-order valence-electron chi connectivity index (χ2n) is 5.24. The van der Waals surface area contributed by atoms with Gasteiger partial charge in [0.2, 0.25) is 0 Å². The number of carbonyl (C=O) groups is 1. The Morgan fingerprint density at radius 3 is 2.23 bits per heavy atom. The van der Waals surface area contributed by atoms with Crippen molar-refractivity contribution in [2.45, 2.75) is 6.54 Å². The van der Waals surface area contributed by atoms with Crippen molar-refractivity contribution in [3.8, 4) is 0 Å². The van der Waals surface area contributed by atoms with E-state index in [1.54, 1.807) is 31.3 Å². The number of benzene rings is 2. The molecular formula is C18H21BrFIN4O. The highest BCUT2D eigenvalue weighted by molar-refractivity contribution is 14.0. The Labute approximate surface area is 178 Å². The molecule has 2 rings (SSSR count). The lowest BCUT2D eigenvalue weighted by Crippen LogP contribution is -2.41. The maximum absolute atomic E-state index is 12.9. The monoisotopic (exact) mass is 534 g/mol. The predicted molar refractivity (Wildman–Crippen MR) is 116 cm³/mol. The second kappa shape index (κ2) is 11.8. The van der Waals surface area contributed by atoms with E-state index >= 15 is 0 Å². The smallest absolute Gasteiger partial charge is 0.251 e. The fraction of sp³-hybridized carbons (Fsp3) is 0.222. The SMILES string of the molecule is CN=C(NCCNC(=O)c1ccc(Br)cc1)NCc1ccc(F)cc1.I. The third-order valence-electron chi connectivity index (χ3n) is 3.41. The van der Waals surface area contributed by atoms with E-state index in [0.29, 0.717) is 31.2 Å². The van der Waals surface area contributed by atoms with Gasteiger partial charge in [-0.15, -0.1) is 24.0 Å². The molecule has 0 aliphatic carbocycles. The minimum Gasteiger partial charge on any atom is -0.355 e. The Balaban J connectivity index is 0.00000338. The van der Waals surface area contributed by atoms with Crippen molar-refractivity contribution in [3.63, 3.8) is 0 Å². The number of amides is 1. The van der Waals surface area contributed by atoms with Crippen LogP contribution in [0.2, 0.25) is 0 Å². The van der Waals surface area contributed by atoms with E-state index in [0.717, 1.165) is 10.0 Å². The molecule has 1 amide bonds. The van der Waals surface area contributed by atoms with E-state index in [-0.39, 0.29) is 35.7 Å². The molecule has 0 unspecified atom stereocenters. The summed E-state index contributed by atoms with van der Waals surface area (Å²) < 4.78 is 13.8. The van der Waals surface area contributed by atoms with E-state index in [1.165, 1.54) is 12.1 Å². The van der Waals surface area contributed by atoms with E-state index in [9.17, 15) is 9.18 Å². The second-order valence-corrected chi connectivity index (χ2v) is 6.16. The number of hydrogen-bond acceptors (Lipinski definition) is 2. The van der Waals surface area contributed by atoms with E-state index in [2.05, 4.69) is 36.9 Å². The highest BCUT2D eigenvalue weighted by Crippen LogP contribution is 2.10. The maximum Gasteiger partial charge on any atom is 0.251 e. The Hall–Kier alpha value is -1.68. The van der Waals surface area contributed by atoms with E-state index in [1.807, 2.05) is 12.1 Å². The van der Waals surface area contributed by atoms with Crippen molar-refractivity contribution in [1.29, 1.82) is 0 Å². The first-order chi connectivity index (χ1) is 12.1. The fourth-order valence-electron chi connectivity index (χ4n) is 2.07. The quantitative estimate of drug-likeness (QED) is 0.230. The summed E-state index contributed by atoms with van der Waals surface area (Å²) in [7, 11) is 1.67. The summed E-state index contributed by atoms with van der Waals surface area (Å²) in [5.41, 5.74) is 1.56. The molecule has 2 aromatic rings. The summed E-state index contributed by atoms with van der Waals surface area (Å²) in [5.74, 6) is 0.235. The van der Waals surface area contributed by atoms with Gasteiger partial charge in [-0.1, -0.05) is 28.1 Å². The largest absolute Gasteiger partial charge is 0.355 e. The van der Waals surface area contributed by atoms with Crippen LogP contribution in [0.1, 0.15) is 15.9 Å². The lowest BCUT2D eigenvalue weighted by Gasteiger charge is -2.12. The van der Waals surface area contributed by atoms with Crippen LogP contribution in [0.15, 0.2) is 58.0 Å². The van der Waals surface area contributed by atoms with Crippen LogP contribution in [0.5, 0.6) is 0 Å². The first-order valence-electron chi connectivity index (χ1n) is 7.81. The Morgan fingerprint density at radius 2 is 1.62 bits per heavy atom. The maximum atomic E-state index is 12.9. The normalized spacial score (nSPS) is 10.7. The summed E-state index contributed by atoms with van der Waals surface area (Å²) in [6, 6.07) is 13.5. The standard InChI is InChI=1S/C18H20BrFN4O.HI/c1-21-18(24-12-13-2-8-16(20)9-3-13)23-11-10-22-17(25)14-4-6-15(19)7-5-14;/h2-9H,10-12H2,1H3,(H,22,25)(H2,21,23,24);1H. The molecule has 0 aliphatic heterocycles. The minimum atomic E-state index is -0.257. The lowest BCUT2D eigenvalue weighted by atomic mass is 10.2. The molecule has 0 heterocycles. The van der Waals surface area contributed by atoms with Gasteiger partial charge in [0.05, 0.1) is 0 Å². The number of aliphatic imine (C=N–C) groups is 1. The molecule has 0 radical (unpaired) electrons. The van der Waals surface area contributed by atoms with E-state index < -0.39 is 0 Å². The molecular weight excluding hydrogens is 514 g/mol. The van der Waals surface area contributed by atoms with Crippen LogP contribution in [-0.4, -0.2) is 32.0 Å². The highest BCUT2D eigenvalue weighted by Gasteiger charge is 2.04. The average Bonchev–Trinajstić information content (AvgIpc) is 2.63. The third kappa shape index (κ3) is 7.69. The predicted octanol–water partition coefficient (Wildman–Crippen LogP) is 3.30. The van der Waals surface area contributed by atoms with Gasteiger partial charge >= 0.3 is 0 Å². The van der Waals surface area contributed by atoms with Gasteiger partial charge in [0.15, 0.2) is 5.96 Å². The molecule has 0 saturated heterocycles. The molecule has 0 spiro atoms. The van der Waals surface area contributed by atoms with Crippen LogP contribution < -0.4 is 16.0 Å². The summed E-state index contributed by atoms with van der Waals surface area (Å²) in [6.07, 6.45) is 0. The molecule has 3 N–H and O–H groups in total. The zero-order chi connectivity index (χ0) is 18.1. The lowest BCUT2D eigenvalue weighted by molar-refractivity contribution is 0.0954. The molecule has 0 fully saturated rings. The average molecular weight is 535 g/mol. The number of hydrogen-bond donors (Lipinski definition) is 3. The van der Waals surface area contributed by atoms with Crippen LogP contribution in [-0.2, 0) is 6.54 Å². The summed E-state index contributed by atoms with van der Waals surface area (Å²) in [4.78, 5) is 16.1. The van der Waals surface area contributed by atoms with Gasteiger partial charge < -0.3 is 16.0 Å². The number of nitrogens with zero attached hydrogens (tertiary/aromatic N) is 1. The van der Waals surface area contributed by atoms with Gasteiger partial charge in [-0.05, 0) is 42.0 Å². The molecule has 0 bridgehead atoms.